The van der Waals surface area contributed by atoms with E-state index in [2.05, 4.69) is 25.3 Å². The van der Waals surface area contributed by atoms with Gasteiger partial charge >= 0.3 is 0 Å². The summed E-state index contributed by atoms with van der Waals surface area (Å²) in [7, 11) is 0. The Bertz CT molecular complexity index is 927. The van der Waals surface area contributed by atoms with Crippen molar-refractivity contribution in [2.75, 3.05) is 43.1 Å². The molecule has 0 spiro atoms. The molecule has 3 aromatic rings. The second-order valence-corrected chi connectivity index (χ2v) is 6.78. The second kappa shape index (κ2) is 8.06. The number of fused-ring (bicyclic) bond motifs is 1. The van der Waals surface area contributed by atoms with Crippen molar-refractivity contribution in [1.82, 2.24) is 19.9 Å². The average Bonchev–Trinajstić information content (AvgIpc) is 3.09. The highest BCUT2D eigenvalue weighted by Gasteiger charge is 2.17. The van der Waals surface area contributed by atoms with Gasteiger partial charge in [-0.15, -0.1) is 0 Å². The maximum Gasteiger partial charge on any atom is 0.224 e. The van der Waals surface area contributed by atoms with Crippen LogP contribution in [0.1, 0.15) is 12.2 Å². The summed E-state index contributed by atoms with van der Waals surface area (Å²) in [5, 5.41) is 3.84. The topological polar surface area (TPSA) is 79.0 Å². The van der Waals surface area contributed by atoms with E-state index < -0.39 is 5.82 Å². The summed E-state index contributed by atoms with van der Waals surface area (Å²) in [4.78, 5) is 18.0. The number of hydrogen-bond donors (Lipinski definition) is 2. The van der Waals surface area contributed by atoms with E-state index in [-0.39, 0.29) is 0 Å². The van der Waals surface area contributed by atoms with Crippen LogP contribution in [0, 0.1) is 5.82 Å². The van der Waals surface area contributed by atoms with Gasteiger partial charge in [0, 0.05) is 31.1 Å². The number of anilines is 2. The molecule has 0 aliphatic carbocycles. The van der Waals surface area contributed by atoms with Crippen LogP contribution in [0.3, 0.4) is 0 Å². The molecule has 2 aromatic heterocycles. The summed E-state index contributed by atoms with van der Waals surface area (Å²) in [6.07, 6.45) is 2.82. The van der Waals surface area contributed by atoms with E-state index in [0.29, 0.717) is 49.6 Å². The number of aromatic amines is 1. The van der Waals surface area contributed by atoms with Gasteiger partial charge in [-0.25, -0.2) is 14.4 Å². The zero-order valence-corrected chi connectivity index (χ0v) is 15.5. The Balaban J connectivity index is 1.33. The largest absolute Gasteiger partial charge is 0.378 e. The van der Waals surface area contributed by atoms with Crippen LogP contribution in [0.15, 0.2) is 24.4 Å². The highest BCUT2D eigenvalue weighted by atomic mass is 35.5. The van der Waals surface area contributed by atoms with E-state index >= 15 is 0 Å². The van der Waals surface area contributed by atoms with Crippen LogP contribution in [0.2, 0.25) is 5.02 Å². The van der Waals surface area contributed by atoms with Gasteiger partial charge in [0.2, 0.25) is 5.95 Å². The molecule has 9 heteroatoms. The summed E-state index contributed by atoms with van der Waals surface area (Å²) < 4.78 is 19.3. The Morgan fingerprint density at radius 3 is 2.96 bits per heavy atom. The third kappa shape index (κ3) is 4.28. The standard InChI is InChI=1S/C18H20ClFN6O/c19-12-3-4-14-15(10-12)24-16(23-14)2-1-5-21-18-22-11-13(20)17(25-18)26-6-8-27-9-7-26/h3-4,10-11H,1-2,5-9H2,(H,23,24)(H,21,22,25). The van der Waals surface area contributed by atoms with E-state index in [1.165, 1.54) is 6.20 Å². The lowest BCUT2D eigenvalue weighted by Gasteiger charge is -2.28. The van der Waals surface area contributed by atoms with Gasteiger partial charge in [-0.1, -0.05) is 11.6 Å². The van der Waals surface area contributed by atoms with Crippen LogP contribution in [-0.4, -0.2) is 52.8 Å². The van der Waals surface area contributed by atoms with E-state index in [1.807, 2.05) is 23.1 Å². The minimum atomic E-state index is -0.414. The first-order valence-corrected chi connectivity index (χ1v) is 9.30. The Morgan fingerprint density at radius 1 is 1.26 bits per heavy atom. The quantitative estimate of drug-likeness (QED) is 0.630. The van der Waals surface area contributed by atoms with Crippen LogP contribution in [0.5, 0.6) is 0 Å². The van der Waals surface area contributed by atoms with Crippen molar-refractivity contribution in [2.45, 2.75) is 12.8 Å². The zero-order chi connectivity index (χ0) is 18.6. The number of benzene rings is 1. The van der Waals surface area contributed by atoms with Gasteiger partial charge in [-0.05, 0) is 24.6 Å². The number of nitrogens with zero attached hydrogens (tertiary/aromatic N) is 4. The predicted molar refractivity (Wildman–Crippen MR) is 103 cm³/mol. The predicted octanol–water partition coefficient (Wildman–Crippen LogP) is 3.03. The van der Waals surface area contributed by atoms with Crippen molar-refractivity contribution in [1.29, 1.82) is 0 Å². The lowest BCUT2D eigenvalue weighted by atomic mass is 10.3. The van der Waals surface area contributed by atoms with Gasteiger partial charge in [-0.2, -0.15) is 4.98 Å². The number of aryl methyl sites for hydroxylation is 1. The Kier molecular flexibility index (Phi) is 5.35. The molecule has 0 saturated carbocycles. The summed E-state index contributed by atoms with van der Waals surface area (Å²) in [6.45, 7) is 3.07. The lowest BCUT2D eigenvalue weighted by Crippen LogP contribution is -2.37. The van der Waals surface area contributed by atoms with E-state index in [0.717, 1.165) is 29.7 Å². The molecule has 0 atom stereocenters. The number of morpholine rings is 1. The molecule has 1 aliphatic heterocycles. The summed E-state index contributed by atoms with van der Waals surface area (Å²) in [5.41, 5.74) is 1.84. The maximum absolute atomic E-state index is 14.0. The third-order valence-corrected chi connectivity index (χ3v) is 4.64. The summed E-state index contributed by atoms with van der Waals surface area (Å²) in [6, 6.07) is 5.59. The molecule has 142 valence electrons. The van der Waals surface area contributed by atoms with Gasteiger partial charge in [0.1, 0.15) is 5.82 Å². The van der Waals surface area contributed by atoms with E-state index in [1.54, 1.807) is 0 Å². The molecule has 1 saturated heterocycles. The number of nitrogens with one attached hydrogen (secondary N) is 2. The van der Waals surface area contributed by atoms with Crippen molar-refractivity contribution in [3.63, 3.8) is 0 Å². The summed E-state index contributed by atoms with van der Waals surface area (Å²) in [5.74, 6) is 1.24. The third-order valence-electron chi connectivity index (χ3n) is 4.40. The minimum absolute atomic E-state index is 0.324. The number of halogens is 2. The SMILES string of the molecule is Fc1cnc(NCCCc2nc3ccc(Cl)cc3[nH]2)nc1N1CCOCC1. The number of rotatable bonds is 6. The van der Waals surface area contributed by atoms with Crippen LogP contribution in [-0.2, 0) is 11.2 Å². The molecule has 2 N–H and O–H groups in total. The molecule has 0 radical (unpaired) electrons. The monoisotopic (exact) mass is 390 g/mol. The molecule has 1 aliphatic rings. The highest BCUT2D eigenvalue weighted by molar-refractivity contribution is 6.31. The first kappa shape index (κ1) is 17.9. The van der Waals surface area contributed by atoms with Crippen molar-refractivity contribution < 1.29 is 9.13 Å². The number of ether oxygens (including phenoxy) is 1. The van der Waals surface area contributed by atoms with Crippen LogP contribution >= 0.6 is 11.6 Å². The fourth-order valence-electron chi connectivity index (χ4n) is 3.05. The number of aromatic nitrogens is 4. The average molecular weight is 391 g/mol. The van der Waals surface area contributed by atoms with Gasteiger partial charge in [0.15, 0.2) is 11.6 Å². The van der Waals surface area contributed by atoms with Crippen molar-refractivity contribution in [3.05, 3.63) is 41.1 Å². The molecular formula is C18H20ClFN6O. The molecule has 7 nitrogen and oxygen atoms in total. The maximum atomic E-state index is 14.0. The van der Waals surface area contributed by atoms with Gasteiger partial charge in [0.05, 0.1) is 30.4 Å². The van der Waals surface area contributed by atoms with Crippen LogP contribution in [0.25, 0.3) is 11.0 Å². The molecule has 27 heavy (non-hydrogen) atoms. The molecular weight excluding hydrogens is 371 g/mol. The summed E-state index contributed by atoms with van der Waals surface area (Å²) >= 11 is 5.99. The molecule has 3 heterocycles. The molecule has 0 unspecified atom stereocenters. The van der Waals surface area contributed by atoms with Gasteiger partial charge < -0.3 is 19.9 Å². The molecule has 4 rings (SSSR count). The molecule has 1 aromatic carbocycles. The smallest absolute Gasteiger partial charge is 0.224 e. The fraction of sp³-hybridized carbons (Fsp3) is 0.389. The molecule has 0 bridgehead atoms. The molecule has 0 amide bonds. The number of imidazole rings is 1. The number of H-pyrrole nitrogens is 1. The van der Waals surface area contributed by atoms with Gasteiger partial charge in [0.25, 0.3) is 0 Å². The van der Waals surface area contributed by atoms with Crippen LogP contribution in [0.4, 0.5) is 16.2 Å². The van der Waals surface area contributed by atoms with Crippen molar-refractivity contribution in [2.24, 2.45) is 0 Å². The highest BCUT2D eigenvalue weighted by Crippen LogP contribution is 2.19. The van der Waals surface area contributed by atoms with E-state index in [9.17, 15) is 4.39 Å². The Labute approximate surface area is 160 Å². The van der Waals surface area contributed by atoms with Crippen molar-refractivity contribution >= 4 is 34.4 Å². The zero-order valence-electron chi connectivity index (χ0n) is 14.7. The first-order chi connectivity index (χ1) is 13.2. The van der Waals surface area contributed by atoms with E-state index in [4.69, 9.17) is 16.3 Å². The Hall–Kier alpha value is -2.45. The lowest BCUT2D eigenvalue weighted by molar-refractivity contribution is 0.122. The first-order valence-electron chi connectivity index (χ1n) is 8.92. The number of hydrogen-bond acceptors (Lipinski definition) is 6. The molecule has 1 fully saturated rings. The Morgan fingerprint density at radius 2 is 2.11 bits per heavy atom. The van der Waals surface area contributed by atoms with Crippen molar-refractivity contribution in [3.8, 4) is 0 Å². The fourth-order valence-corrected chi connectivity index (χ4v) is 3.22. The normalized spacial score (nSPS) is 14.7. The van der Waals surface area contributed by atoms with Gasteiger partial charge in [-0.3, -0.25) is 0 Å². The minimum Gasteiger partial charge on any atom is -0.378 e. The second-order valence-electron chi connectivity index (χ2n) is 6.34. The van der Waals surface area contributed by atoms with Crippen LogP contribution < -0.4 is 10.2 Å².